The summed E-state index contributed by atoms with van der Waals surface area (Å²) >= 11 is 6.17. The number of unbranched alkanes of at least 4 members (excludes halogenated alkanes) is 20. The van der Waals surface area contributed by atoms with Gasteiger partial charge in [0.05, 0.1) is 13.2 Å². The lowest BCUT2D eigenvalue weighted by Crippen LogP contribution is -1.93. The van der Waals surface area contributed by atoms with E-state index < -0.39 is 7.73 Å². The van der Waals surface area contributed by atoms with Gasteiger partial charge in [-0.2, -0.15) is 0 Å². The third-order valence-corrected chi connectivity index (χ3v) is 7.24. The Labute approximate surface area is 196 Å². The van der Waals surface area contributed by atoms with E-state index in [0.717, 1.165) is 26.1 Å². The summed E-state index contributed by atoms with van der Waals surface area (Å²) in [6.45, 7) is 6.07. The molecule has 0 saturated carbocycles. The van der Waals surface area contributed by atoms with Crippen LogP contribution in [-0.4, -0.2) is 13.2 Å². The molecule has 0 radical (unpaired) electrons. The summed E-state index contributed by atoms with van der Waals surface area (Å²) < 4.78 is 11.3. The molecule has 0 aliphatic heterocycles. The van der Waals surface area contributed by atoms with Crippen LogP contribution < -0.4 is 0 Å². The van der Waals surface area contributed by atoms with E-state index in [1.165, 1.54) is 128 Å². The van der Waals surface area contributed by atoms with Crippen LogP contribution >= 0.6 is 19.0 Å². The van der Waals surface area contributed by atoms with E-state index in [0.29, 0.717) is 0 Å². The summed E-state index contributed by atoms with van der Waals surface area (Å²) in [5, 5.41) is 0. The van der Waals surface area contributed by atoms with Gasteiger partial charge in [-0.15, -0.1) is 0 Å². The van der Waals surface area contributed by atoms with Crippen LogP contribution in [0.5, 0.6) is 0 Å². The molecule has 0 amide bonds. The van der Waals surface area contributed by atoms with Crippen molar-refractivity contribution in [1.82, 2.24) is 0 Å². The Morgan fingerprint density at radius 3 is 0.900 bits per heavy atom. The molecule has 0 fully saturated rings. The van der Waals surface area contributed by atoms with Crippen LogP contribution in [0.4, 0.5) is 0 Å². The van der Waals surface area contributed by atoms with Crippen LogP contribution in [0.15, 0.2) is 0 Å². The molecule has 0 aliphatic rings. The molecule has 0 aromatic rings. The highest BCUT2D eigenvalue weighted by atomic mass is 35.7. The Balaban J connectivity index is 3.13. The SMILES string of the molecule is CCCCCCCCCCCCCOP(Cl)OCCCCCCCCCCCCC. The second-order valence-electron chi connectivity index (χ2n) is 8.95. The fourth-order valence-electron chi connectivity index (χ4n) is 3.84. The van der Waals surface area contributed by atoms with Crippen molar-refractivity contribution in [2.24, 2.45) is 0 Å². The molecule has 0 heterocycles. The highest BCUT2D eigenvalue weighted by Gasteiger charge is 2.05. The van der Waals surface area contributed by atoms with Crippen LogP contribution in [0.1, 0.15) is 155 Å². The smallest absolute Gasteiger partial charge is 0.276 e. The lowest BCUT2D eigenvalue weighted by Gasteiger charge is -2.10. The Morgan fingerprint density at radius 2 is 0.633 bits per heavy atom. The van der Waals surface area contributed by atoms with Crippen molar-refractivity contribution in [3.63, 3.8) is 0 Å². The highest BCUT2D eigenvalue weighted by molar-refractivity contribution is 7.76. The maximum Gasteiger partial charge on any atom is 0.276 e. The van der Waals surface area contributed by atoms with Gasteiger partial charge in [0.25, 0.3) is 7.73 Å². The van der Waals surface area contributed by atoms with Gasteiger partial charge in [-0.25, -0.2) is 0 Å². The van der Waals surface area contributed by atoms with Gasteiger partial charge in [0, 0.05) is 0 Å². The Kier molecular flexibility index (Phi) is 28.3. The van der Waals surface area contributed by atoms with Gasteiger partial charge in [0.1, 0.15) is 0 Å². The van der Waals surface area contributed by atoms with Gasteiger partial charge in [-0.05, 0) is 24.1 Å². The number of rotatable bonds is 26. The van der Waals surface area contributed by atoms with Crippen molar-refractivity contribution in [3.05, 3.63) is 0 Å². The van der Waals surface area contributed by atoms with Gasteiger partial charge in [0.2, 0.25) is 0 Å². The van der Waals surface area contributed by atoms with Crippen LogP contribution in [0.2, 0.25) is 0 Å². The number of hydrogen-bond acceptors (Lipinski definition) is 2. The molecule has 30 heavy (non-hydrogen) atoms. The predicted octanol–water partition coefficient (Wildman–Crippen LogP) is 11.1. The third-order valence-electron chi connectivity index (χ3n) is 5.88. The van der Waals surface area contributed by atoms with E-state index in [1.807, 2.05) is 0 Å². The molecule has 182 valence electrons. The third kappa shape index (κ3) is 26.7. The second kappa shape index (κ2) is 27.7. The van der Waals surface area contributed by atoms with Crippen molar-refractivity contribution in [2.45, 2.75) is 155 Å². The van der Waals surface area contributed by atoms with E-state index in [2.05, 4.69) is 13.8 Å². The summed E-state index contributed by atoms with van der Waals surface area (Å²) in [5.74, 6) is 0. The molecule has 4 heteroatoms. The first kappa shape index (κ1) is 30.6. The zero-order chi connectivity index (χ0) is 22.0. The minimum absolute atomic E-state index is 0.754. The van der Waals surface area contributed by atoms with Crippen molar-refractivity contribution in [2.75, 3.05) is 13.2 Å². The Bertz CT molecular complexity index is 277. The van der Waals surface area contributed by atoms with Crippen LogP contribution in [0, 0.1) is 0 Å². The zero-order valence-corrected chi connectivity index (χ0v) is 22.3. The molecule has 0 aromatic carbocycles. The van der Waals surface area contributed by atoms with Gasteiger partial charge in [-0.1, -0.05) is 142 Å². The molecular weight excluding hydrogens is 411 g/mol. The van der Waals surface area contributed by atoms with E-state index >= 15 is 0 Å². The molecule has 0 aromatic heterocycles. The van der Waals surface area contributed by atoms with E-state index in [9.17, 15) is 0 Å². The van der Waals surface area contributed by atoms with Gasteiger partial charge >= 0.3 is 0 Å². The average Bonchev–Trinajstić information content (AvgIpc) is 2.75. The maximum absolute atomic E-state index is 6.17. The first-order valence-corrected chi connectivity index (χ1v) is 15.6. The van der Waals surface area contributed by atoms with Crippen molar-refractivity contribution < 1.29 is 9.05 Å². The van der Waals surface area contributed by atoms with Crippen molar-refractivity contribution >= 4 is 19.0 Å². The largest absolute Gasteiger partial charge is 0.322 e. The monoisotopic (exact) mass is 464 g/mol. The molecule has 0 N–H and O–H groups in total. The minimum Gasteiger partial charge on any atom is -0.322 e. The summed E-state index contributed by atoms with van der Waals surface area (Å²) in [7, 11) is -1.18. The number of hydrogen-bond donors (Lipinski definition) is 0. The van der Waals surface area contributed by atoms with Gasteiger partial charge < -0.3 is 9.05 Å². The molecular formula is C26H54ClO2P. The highest BCUT2D eigenvalue weighted by Crippen LogP contribution is 2.44. The molecule has 0 unspecified atom stereocenters. The van der Waals surface area contributed by atoms with Gasteiger partial charge in [0.15, 0.2) is 0 Å². The minimum atomic E-state index is -1.18. The lowest BCUT2D eigenvalue weighted by atomic mass is 10.1. The summed E-state index contributed by atoms with van der Waals surface area (Å²) in [6, 6.07) is 0. The fraction of sp³-hybridized carbons (Fsp3) is 1.00. The lowest BCUT2D eigenvalue weighted by molar-refractivity contribution is 0.250. The Hall–Kier alpha value is 0.640. The molecule has 2 nitrogen and oxygen atoms in total. The Morgan fingerprint density at radius 1 is 0.400 bits per heavy atom. The summed E-state index contributed by atoms with van der Waals surface area (Å²) in [6.07, 6.45) is 29.9. The standard InChI is InChI=1S/C26H54ClO2P/c1-3-5-7-9-11-13-15-17-19-21-23-25-28-30(27)29-26-24-22-20-18-16-14-12-10-8-6-4-2/h3-26H2,1-2H3. The first-order valence-electron chi connectivity index (χ1n) is 13.5. The molecule has 0 bridgehead atoms. The normalized spacial score (nSPS) is 11.6. The van der Waals surface area contributed by atoms with Crippen molar-refractivity contribution in [1.29, 1.82) is 0 Å². The van der Waals surface area contributed by atoms with Gasteiger partial charge in [-0.3, -0.25) is 0 Å². The van der Waals surface area contributed by atoms with E-state index in [1.54, 1.807) is 0 Å². The summed E-state index contributed by atoms with van der Waals surface area (Å²) in [5.41, 5.74) is 0. The topological polar surface area (TPSA) is 18.5 Å². The van der Waals surface area contributed by atoms with Crippen LogP contribution in [0.25, 0.3) is 0 Å². The molecule has 0 aliphatic carbocycles. The predicted molar refractivity (Wildman–Crippen MR) is 138 cm³/mol. The molecule has 0 saturated heterocycles. The zero-order valence-electron chi connectivity index (χ0n) is 20.6. The average molecular weight is 465 g/mol. The number of halogens is 1. The first-order chi connectivity index (χ1) is 14.8. The molecule has 0 atom stereocenters. The molecule has 0 rings (SSSR count). The summed E-state index contributed by atoms with van der Waals surface area (Å²) in [4.78, 5) is 0. The molecule has 0 spiro atoms. The quantitative estimate of drug-likeness (QED) is 0.0935. The van der Waals surface area contributed by atoms with Crippen LogP contribution in [-0.2, 0) is 9.05 Å². The van der Waals surface area contributed by atoms with E-state index in [-0.39, 0.29) is 0 Å². The fourth-order valence-corrected chi connectivity index (χ4v) is 4.88. The van der Waals surface area contributed by atoms with E-state index in [4.69, 9.17) is 20.3 Å². The van der Waals surface area contributed by atoms with Crippen LogP contribution in [0.3, 0.4) is 0 Å². The second-order valence-corrected chi connectivity index (χ2v) is 10.7. The van der Waals surface area contributed by atoms with Crippen molar-refractivity contribution in [3.8, 4) is 0 Å². The maximum atomic E-state index is 6.17.